The molecule has 2 saturated heterocycles. The SMILES string of the molecule is CC[C@H](N)C(=O)N[C@@H]1C(=O)N2[C@@H](CC[C@@H]1CNS(C)(=O)=O)CC[C@H]2C(=O)NC(c1ccccc1)c1ccccc1.[Cl-]. The van der Waals surface area contributed by atoms with Gasteiger partial charge in [-0.2, -0.15) is 0 Å². The van der Waals surface area contributed by atoms with Crippen LogP contribution in [0.3, 0.4) is 0 Å². The fourth-order valence-corrected chi connectivity index (χ4v) is 6.20. The third-order valence-electron chi connectivity index (χ3n) is 7.90. The number of nitrogens with one attached hydrogen (secondary N) is 3. The minimum Gasteiger partial charge on any atom is -1.00 e. The lowest BCUT2D eigenvalue weighted by Gasteiger charge is -2.33. The first-order valence-corrected chi connectivity index (χ1v) is 15.7. The van der Waals surface area contributed by atoms with Gasteiger partial charge in [-0.25, -0.2) is 13.1 Å². The Hall–Kier alpha value is -2.99. The summed E-state index contributed by atoms with van der Waals surface area (Å²) >= 11 is 0. The number of carbonyl (C=O) groups excluding carboxylic acids is 3. The Labute approximate surface area is 248 Å². The predicted molar refractivity (Wildman–Crippen MR) is 152 cm³/mol. The van der Waals surface area contributed by atoms with Crippen molar-refractivity contribution in [2.24, 2.45) is 11.7 Å². The Bertz CT molecular complexity index is 1260. The second kappa shape index (κ2) is 14.3. The van der Waals surface area contributed by atoms with Gasteiger partial charge in [-0.15, -0.1) is 0 Å². The summed E-state index contributed by atoms with van der Waals surface area (Å²) in [6.45, 7) is 1.77. The minimum atomic E-state index is -3.51. The van der Waals surface area contributed by atoms with Crippen molar-refractivity contribution < 1.29 is 35.2 Å². The standard InChI is InChI=1S/C29H39N5O5S.ClH/c1-3-23(30)27(35)33-26-21(18-31-40(2,38)39)14-15-22-16-17-24(34(22)29(26)37)28(36)32-25(19-10-6-4-7-11-19)20-12-8-5-9-13-20;/h4-13,21-26,31H,3,14-18,30H2,1-2H3,(H,32,36)(H,33,35);1H/p-1/t21-,22+,23+,24+,26+;/m1./s1. The van der Waals surface area contributed by atoms with Crippen LogP contribution < -0.4 is 33.5 Å². The molecule has 2 aromatic rings. The van der Waals surface area contributed by atoms with Gasteiger partial charge in [-0.3, -0.25) is 14.4 Å². The largest absolute Gasteiger partial charge is 1.00 e. The van der Waals surface area contributed by atoms with Gasteiger partial charge in [-0.1, -0.05) is 67.6 Å². The van der Waals surface area contributed by atoms with Gasteiger partial charge in [0.25, 0.3) is 0 Å². The predicted octanol–water partition coefficient (Wildman–Crippen LogP) is -1.56. The second-order valence-electron chi connectivity index (χ2n) is 10.7. The molecule has 12 heteroatoms. The van der Waals surface area contributed by atoms with Gasteiger partial charge in [-0.05, 0) is 43.2 Å². The molecular formula is C29H39ClN5O5S-. The zero-order valence-electron chi connectivity index (χ0n) is 23.3. The second-order valence-corrected chi connectivity index (χ2v) is 12.5. The van der Waals surface area contributed by atoms with Crippen LogP contribution >= 0.6 is 0 Å². The first-order valence-electron chi connectivity index (χ1n) is 13.8. The zero-order valence-corrected chi connectivity index (χ0v) is 24.9. The first kappa shape index (κ1) is 32.5. The maximum absolute atomic E-state index is 14.1. The molecule has 0 saturated carbocycles. The Morgan fingerprint density at radius 1 is 0.976 bits per heavy atom. The molecule has 2 aliphatic rings. The van der Waals surface area contributed by atoms with E-state index >= 15 is 0 Å². The maximum Gasteiger partial charge on any atom is 0.246 e. The van der Waals surface area contributed by atoms with E-state index < -0.39 is 46.0 Å². The highest BCUT2D eigenvalue weighted by atomic mass is 35.5. The highest BCUT2D eigenvalue weighted by molar-refractivity contribution is 7.88. The van der Waals surface area contributed by atoms with Gasteiger partial charge >= 0.3 is 0 Å². The molecule has 0 aliphatic carbocycles. The summed E-state index contributed by atoms with van der Waals surface area (Å²) in [5, 5.41) is 5.96. The zero-order chi connectivity index (χ0) is 28.9. The topological polar surface area (TPSA) is 151 Å². The van der Waals surface area contributed by atoms with Crippen molar-refractivity contribution in [3.63, 3.8) is 0 Å². The summed E-state index contributed by atoms with van der Waals surface area (Å²) in [5.41, 5.74) is 7.78. The molecule has 0 radical (unpaired) electrons. The van der Waals surface area contributed by atoms with Crippen LogP contribution in [0.4, 0.5) is 0 Å². The van der Waals surface area contributed by atoms with Crippen LogP contribution in [0.15, 0.2) is 60.7 Å². The van der Waals surface area contributed by atoms with Crippen molar-refractivity contribution in [3.05, 3.63) is 71.8 Å². The Morgan fingerprint density at radius 3 is 2.07 bits per heavy atom. The van der Waals surface area contributed by atoms with Gasteiger partial charge in [0.15, 0.2) is 0 Å². The first-order chi connectivity index (χ1) is 19.1. The normalized spacial score (nSPS) is 23.2. The molecule has 224 valence electrons. The van der Waals surface area contributed by atoms with Crippen molar-refractivity contribution in [1.29, 1.82) is 0 Å². The molecule has 41 heavy (non-hydrogen) atoms. The Morgan fingerprint density at radius 2 is 1.54 bits per heavy atom. The van der Waals surface area contributed by atoms with Crippen molar-refractivity contribution in [1.82, 2.24) is 20.3 Å². The lowest BCUT2D eigenvalue weighted by atomic mass is 9.93. The van der Waals surface area contributed by atoms with Gasteiger partial charge in [0.2, 0.25) is 27.7 Å². The van der Waals surface area contributed by atoms with Gasteiger partial charge in [0, 0.05) is 18.5 Å². The summed E-state index contributed by atoms with van der Waals surface area (Å²) in [5.74, 6) is -1.60. The van der Waals surface area contributed by atoms with Crippen molar-refractivity contribution in [2.45, 2.75) is 69.2 Å². The number of nitrogens with zero attached hydrogens (tertiary/aromatic N) is 1. The number of carbonyl (C=O) groups is 3. The molecule has 3 amide bonds. The fourth-order valence-electron chi connectivity index (χ4n) is 5.68. The molecule has 2 heterocycles. The number of halogens is 1. The molecule has 2 fully saturated rings. The average Bonchev–Trinajstić information content (AvgIpc) is 3.33. The molecule has 2 aromatic carbocycles. The van der Waals surface area contributed by atoms with Crippen LogP contribution in [-0.2, 0) is 24.4 Å². The van der Waals surface area contributed by atoms with Crippen molar-refractivity contribution >= 4 is 27.7 Å². The molecular weight excluding hydrogens is 566 g/mol. The summed E-state index contributed by atoms with van der Waals surface area (Å²) in [4.78, 5) is 42.3. The monoisotopic (exact) mass is 604 g/mol. The molecule has 10 nitrogen and oxygen atoms in total. The van der Waals surface area contributed by atoms with Crippen molar-refractivity contribution in [2.75, 3.05) is 12.8 Å². The number of rotatable bonds is 10. The fraction of sp³-hybridized carbons (Fsp3) is 0.483. The maximum atomic E-state index is 14.1. The molecule has 0 spiro atoms. The van der Waals surface area contributed by atoms with E-state index in [9.17, 15) is 22.8 Å². The van der Waals surface area contributed by atoms with Crippen LogP contribution in [0.25, 0.3) is 0 Å². The van der Waals surface area contributed by atoms with E-state index in [2.05, 4.69) is 15.4 Å². The number of nitrogens with two attached hydrogens (primary N) is 1. The Balaban J connectivity index is 0.00000462. The van der Waals surface area contributed by atoms with Gasteiger partial charge < -0.3 is 33.7 Å². The molecule has 5 atom stereocenters. The van der Waals surface area contributed by atoms with Crippen LogP contribution in [0.1, 0.15) is 56.2 Å². The summed E-state index contributed by atoms with van der Waals surface area (Å²) in [6, 6.07) is 16.2. The number of fused-ring (bicyclic) bond motifs is 1. The van der Waals surface area contributed by atoms with E-state index in [4.69, 9.17) is 5.73 Å². The van der Waals surface area contributed by atoms with Crippen LogP contribution in [0.5, 0.6) is 0 Å². The smallest absolute Gasteiger partial charge is 0.246 e. The number of benzene rings is 2. The third kappa shape index (κ3) is 8.06. The Kier molecular flexibility index (Phi) is 11.3. The molecule has 5 N–H and O–H groups in total. The van der Waals surface area contributed by atoms with E-state index in [1.807, 2.05) is 60.7 Å². The third-order valence-corrected chi connectivity index (χ3v) is 8.59. The lowest BCUT2D eigenvalue weighted by Crippen LogP contribution is -3.00. The number of amides is 3. The van der Waals surface area contributed by atoms with Gasteiger partial charge in [0.1, 0.15) is 12.1 Å². The van der Waals surface area contributed by atoms with Crippen molar-refractivity contribution in [3.8, 4) is 0 Å². The van der Waals surface area contributed by atoms with E-state index in [1.165, 1.54) is 0 Å². The van der Waals surface area contributed by atoms with Crippen LogP contribution in [0.2, 0.25) is 0 Å². The van der Waals surface area contributed by atoms with Crippen LogP contribution in [0, 0.1) is 5.92 Å². The quantitative estimate of drug-likeness (QED) is 0.258. The summed E-state index contributed by atoms with van der Waals surface area (Å²) in [7, 11) is -3.51. The highest BCUT2D eigenvalue weighted by Gasteiger charge is 2.48. The van der Waals surface area contributed by atoms with E-state index in [1.54, 1.807) is 11.8 Å². The molecule has 0 bridgehead atoms. The summed E-state index contributed by atoms with van der Waals surface area (Å²) in [6.07, 6.45) is 3.69. The molecule has 4 rings (SSSR count). The minimum absolute atomic E-state index is 0. The van der Waals surface area contributed by atoms with E-state index in [0.29, 0.717) is 32.1 Å². The number of hydrogen-bond acceptors (Lipinski definition) is 6. The highest BCUT2D eigenvalue weighted by Crippen LogP contribution is 2.35. The summed E-state index contributed by atoms with van der Waals surface area (Å²) < 4.78 is 26.2. The van der Waals surface area contributed by atoms with E-state index in [-0.39, 0.29) is 36.8 Å². The number of hydrogen-bond donors (Lipinski definition) is 4. The average molecular weight is 605 g/mol. The molecule has 2 aliphatic heterocycles. The van der Waals surface area contributed by atoms with E-state index in [0.717, 1.165) is 17.4 Å². The molecule has 0 unspecified atom stereocenters. The van der Waals surface area contributed by atoms with Gasteiger partial charge in [0.05, 0.1) is 18.3 Å². The van der Waals surface area contributed by atoms with Crippen LogP contribution in [-0.4, -0.2) is 68.0 Å². The molecule has 0 aromatic heterocycles. The lowest BCUT2D eigenvalue weighted by molar-refractivity contribution is -0.143. The number of sulfonamides is 1.